The number of hydrogen-bond donors (Lipinski definition) is 1. The van der Waals surface area contributed by atoms with Gasteiger partial charge in [0.15, 0.2) is 11.5 Å². The highest BCUT2D eigenvalue weighted by molar-refractivity contribution is 6.11. The molecule has 1 aliphatic rings. The summed E-state index contributed by atoms with van der Waals surface area (Å²) in [6.07, 6.45) is 0. The molecule has 2 aromatic rings. The molecule has 1 aliphatic heterocycles. The number of carbonyl (C=O) groups is 3. The van der Waals surface area contributed by atoms with E-state index in [9.17, 15) is 14.4 Å². The summed E-state index contributed by atoms with van der Waals surface area (Å²) in [5.74, 6) is -0.402. The Hall–Kier alpha value is -2.67. The second-order valence-electron chi connectivity index (χ2n) is 6.31. The SMILES string of the molecule is CC(=O)c1oc2ccccc2c1NC(=O)C(C)N1CCN(C)C(=O)C1. The van der Waals surface area contributed by atoms with Crippen molar-refractivity contribution in [3.63, 3.8) is 0 Å². The number of Topliss-reactive ketones (excluding diaryl/α,β-unsaturated/α-hetero) is 1. The van der Waals surface area contributed by atoms with Crippen molar-refractivity contribution < 1.29 is 18.8 Å². The van der Waals surface area contributed by atoms with Crippen LogP contribution in [0.5, 0.6) is 0 Å². The highest BCUT2D eigenvalue weighted by atomic mass is 16.3. The molecule has 0 bridgehead atoms. The Morgan fingerprint density at radius 2 is 1.96 bits per heavy atom. The minimum atomic E-state index is -0.494. The first-order chi connectivity index (χ1) is 11.9. The Kier molecular flexibility index (Phi) is 4.59. The summed E-state index contributed by atoms with van der Waals surface area (Å²) < 4.78 is 5.58. The molecule has 0 spiro atoms. The molecule has 7 heteroatoms. The maximum atomic E-state index is 12.7. The number of piperazine rings is 1. The molecule has 1 N–H and O–H groups in total. The molecule has 0 radical (unpaired) electrons. The maximum Gasteiger partial charge on any atom is 0.241 e. The standard InChI is InChI=1S/C18H21N3O4/c1-11(21-9-8-20(3)15(23)10-21)18(24)19-16-13-6-4-5-7-14(13)25-17(16)12(2)22/h4-7,11H,8-10H2,1-3H3,(H,19,24). The third-order valence-electron chi connectivity index (χ3n) is 4.58. The van der Waals surface area contributed by atoms with Crippen molar-refractivity contribution in [2.45, 2.75) is 19.9 Å². The lowest BCUT2D eigenvalue weighted by atomic mass is 10.1. The molecular formula is C18H21N3O4. The van der Waals surface area contributed by atoms with E-state index in [0.29, 0.717) is 29.7 Å². The zero-order valence-electron chi connectivity index (χ0n) is 14.5. The molecule has 0 aliphatic carbocycles. The lowest BCUT2D eigenvalue weighted by Crippen LogP contribution is -2.54. The van der Waals surface area contributed by atoms with Crippen molar-refractivity contribution in [3.05, 3.63) is 30.0 Å². The predicted octanol–water partition coefficient (Wildman–Crippen LogP) is 1.74. The highest BCUT2D eigenvalue weighted by Gasteiger charge is 2.30. The van der Waals surface area contributed by atoms with Crippen molar-refractivity contribution in [2.75, 3.05) is 32.0 Å². The van der Waals surface area contributed by atoms with Crippen molar-refractivity contribution >= 4 is 34.3 Å². The number of likely N-dealkylation sites (N-methyl/N-ethyl adjacent to an activating group) is 1. The van der Waals surface area contributed by atoms with Crippen LogP contribution in [0.25, 0.3) is 11.0 Å². The number of fused-ring (bicyclic) bond motifs is 1. The van der Waals surface area contributed by atoms with E-state index in [-0.39, 0.29) is 29.9 Å². The number of nitrogens with one attached hydrogen (secondary N) is 1. The minimum Gasteiger partial charge on any atom is -0.451 e. The van der Waals surface area contributed by atoms with Gasteiger partial charge in [-0.25, -0.2) is 0 Å². The molecule has 3 rings (SSSR count). The summed E-state index contributed by atoms with van der Waals surface area (Å²) in [6.45, 7) is 4.57. The normalized spacial score (nSPS) is 16.9. The third kappa shape index (κ3) is 3.28. The van der Waals surface area contributed by atoms with Crippen LogP contribution in [0.4, 0.5) is 5.69 Å². The zero-order chi connectivity index (χ0) is 18.1. The van der Waals surface area contributed by atoms with E-state index in [2.05, 4.69) is 5.32 Å². The second-order valence-corrected chi connectivity index (χ2v) is 6.31. The van der Waals surface area contributed by atoms with E-state index in [4.69, 9.17) is 4.42 Å². The molecule has 1 fully saturated rings. The Morgan fingerprint density at radius 3 is 2.64 bits per heavy atom. The smallest absolute Gasteiger partial charge is 0.241 e. The Morgan fingerprint density at radius 1 is 1.24 bits per heavy atom. The number of benzene rings is 1. The number of ketones is 1. The lowest BCUT2D eigenvalue weighted by molar-refractivity contribution is -0.136. The van der Waals surface area contributed by atoms with E-state index in [0.717, 1.165) is 0 Å². The fraction of sp³-hybridized carbons (Fsp3) is 0.389. The van der Waals surface area contributed by atoms with Gasteiger partial charge in [-0.05, 0) is 19.1 Å². The van der Waals surface area contributed by atoms with E-state index in [1.807, 2.05) is 11.0 Å². The van der Waals surface area contributed by atoms with Crippen molar-refractivity contribution in [3.8, 4) is 0 Å². The summed E-state index contributed by atoms with van der Waals surface area (Å²) >= 11 is 0. The minimum absolute atomic E-state index is 0.0101. The quantitative estimate of drug-likeness (QED) is 0.855. The molecule has 25 heavy (non-hydrogen) atoms. The first-order valence-electron chi connectivity index (χ1n) is 8.20. The van der Waals surface area contributed by atoms with Gasteiger partial charge >= 0.3 is 0 Å². The number of carbonyl (C=O) groups excluding carboxylic acids is 3. The van der Waals surface area contributed by atoms with Crippen LogP contribution >= 0.6 is 0 Å². The van der Waals surface area contributed by atoms with Gasteiger partial charge in [0.25, 0.3) is 0 Å². The van der Waals surface area contributed by atoms with Crippen LogP contribution in [0.15, 0.2) is 28.7 Å². The number of amides is 2. The maximum absolute atomic E-state index is 12.7. The van der Waals surface area contributed by atoms with Crippen LogP contribution in [0.3, 0.4) is 0 Å². The fourth-order valence-electron chi connectivity index (χ4n) is 2.92. The van der Waals surface area contributed by atoms with E-state index >= 15 is 0 Å². The van der Waals surface area contributed by atoms with Gasteiger partial charge < -0.3 is 14.6 Å². The molecule has 7 nitrogen and oxygen atoms in total. The Labute approximate surface area is 145 Å². The summed E-state index contributed by atoms with van der Waals surface area (Å²) in [5.41, 5.74) is 0.936. The van der Waals surface area contributed by atoms with Gasteiger partial charge in [0.2, 0.25) is 11.8 Å². The molecular weight excluding hydrogens is 322 g/mol. The van der Waals surface area contributed by atoms with Crippen LogP contribution in [0.1, 0.15) is 24.4 Å². The average molecular weight is 343 g/mol. The topological polar surface area (TPSA) is 82.9 Å². The molecule has 2 amide bonds. The molecule has 132 valence electrons. The van der Waals surface area contributed by atoms with Gasteiger partial charge in [-0.3, -0.25) is 19.3 Å². The number of anilines is 1. The Balaban J connectivity index is 1.83. The van der Waals surface area contributed by atoms with Crippen LogP contribution < -0.4 is 5.32 Å². The lowest BCUT2D eigenvalue weighted by Gasteiger charge is -2.35. The Bertz CT molecular complexity index is 842. The van der Waals surface area contributed by atoms with Crippen LogP contribution in [-0.4, -0.2) is 60.1 Å². The summed E-state index contributed by atoms with van der Waals surface area (Å²) in [6, 6.07) is 6.68. The van der Waals surface area contributed by atoms with Crippen LogP contribution in [0, 0.1) is 0 Å². The second kappa shape index (κ2) is 6.68. The van der Waals surface area contributed by atoms with E-state index in [1.54, 1.807) is 37.1 Å². The number of rotatable bonds is 4. The molecule has 0 saturated carbocycles. The first-order valence-corrected chi connectivity index (χ1v) is 8.20. The van der Waals surface area contributed by atoms with Crippen LogP contribution in [-0.2, 0) is 9.59 Å². The number of para-hydroxylation sites is 1. The molecule has 1 unspecified atom stereocenters. The van der Waals surface area contributed by atoms with Crippen molar-refractivity contribution in [1.82, 2.24) is 9.80 Å². The number of nitrogens with zero attached hydrogens (tertiary/aromatic N) is 2. The van der Waals surface area contributed by atoms with Gasteiger partial charge in [-0.1, -0.05) is 12.1 Å². The molecule has 1 atom stereocenters. The molecule has 1 saturated heterocycles. The summed E-state index contributed by atoms with van der Waals surface area (Å²) in [4.78, 5) is 39.9. The van der Waals surface area contributed by atoms with Crippen LogP contribution in [0.2, 0.25) is 0 Å². The van der Waals surface area contributed by atoms with E-state index in [1.165, 1.54) is 6.92 Å². The first kappa shape index (κ1) is 17.2. The molecule has 1 aromatic carbocycles. The largest absolute Gasteiger partial charge is 0.451 e. The van der Waals surface area contributed by atoms with Gasteiger partial charge in [0.1, 0.15) is 5.58 Å². The van der Waals surface area contributed by atoms with Gasteiger partial charge in [0, 0.05) is 32.4 Å². The van der Waals surface area contributed by atoms with Crippen molar-refractivity contribution in [2.24, 2.45) is 0 Å². The van der Waals surface area contributed by atoms with Gasteiger partial charge in [-0.15, -0.1) is 0 Å². The average Bonchev–Trinajstić information content (AvgIpc) is 2.95. The summed E-state index contributed by atoms with van der Waals surface area (Å²) in [7, 11) is 1.75. The van der Waals surface area contributed by atoms with Crippen molar-refractivity contribution in [1.29, 1.82) is 0 Å². The fourth-order valence-corrected chi connectivity index (χ4v) is 2.92. The van der Waals surface area contributed by atoms with E-state index < -0.39 is 6.04 Å². The number of hydrogen-bond acceptors (Lipinski definition) is 5. The highest BCUT2D eigenvalue weighted by Crippen LogP contribution is 2.31. The number of furan rings is 1. The van der Waals surface area contributed by atoms with Gasteiger partial charge in [0.05, 0.1) is 18.3 Å². The van der Waals surface area contributed by atoms with Gasteiger partial charge in [-0.2, -0.15) is 0 Å². The predicted molar refractivity (Wildman–Crippen MR) is 93.5 cm³/mol. The zero-order valence-corrected chi connectivity index (χ0v) is 14.5. The molecule has 1 aromatic heterocycles. The molecule has 2 heterocycles. The summed E-state index contributed by atoms with van der Waals surface area (Å²) in [5, 5.41) is 3.50. The third-order valence-corrected chi connectivity index (χ3v) is 4.58. The monoisotopic (exact) mass is 343 g/mol.